The standard InChI is InChI=1S/C18H29BrN2O5S/c19-15-5-7-16(8-6-15)27(25,26)20-9-3-1-2-4-10-21-11-14(13-22)18(24)17(23)12-21/h5-8,14,17-18,20,22-24H,1-4,9-13H2/t14-,17-,18-/m1/s1. The molecule has 0 bridgehead atoms. The lowest BCUT2D eigenvalue weighted by molar-refractivity contribution is -0.0861. The fraction of sp³-hybridized carbons (Fsp3) is 0.667. The Morgan fingerprint density at radius 2 is 1.74 bits per heavy atom. The van der Waals surface area contributed by atoms with Crippen LogP contribution in [-0.2, 0) is 10.0 Å². The highest BCUT2D eigenvalue weighted by Gasteiger charge is 2.33. The monoisotopic (exact) mass is 464 g/mol. The first-order chi connectivity index (χ1) is 12.8. The molecule has 0 aromatic heterocycles. The van der Waals surface area contributed by atoms with Gasteiger partial charge in [-0.05, 0) is 43.7 Å². The van der Waals surface area contributed by atoms with Gasteiger partial charge in [0.25, 0.3) is 0 Å². The van der Waals surface area contributed by atoms with E-state index in [-0.39, 0.29) is 17.4 Å². The second kappa shape index (κ2) is 10.8. The van der Waals surface area contributed by atoms with Crippen LogP contribution in [0.15, 0.2) is 33.6 Å². The lowest BCUT2D eigenvalue weighted by Crippen LogP contribution is -2.53. The number of likely N-dealkylation sites (tertiary alicyclic amines) is 1. The molecule has 27 heavy (non-hydrogen) atoms. The van der Waals surface area contributed by atoms with Crippen molar-refractivity contribution >= 4 is 26.0 Å². The summed E-state index contributed by atoms with van der Waals surface area (Å²) in [7, 11) is -3.46. The Bertz CT molecular complexity index is 671. The molecule has 154 valence electrons. The normalized spacial score (nSPS) is 24.2. The van der Waals surface area contributed by atoms with E-state index in [4.69, 9.17) is 0 Å². The number of β-amino-alcohol motifs (C(OH)–C–C–N with tert-alkyl or cyclic N) is 1. The summed E-state index contributed by atoms with van der Waals surface area (Å²) in [4.78, 5) is 2.32. The van der Waals surface area contributed by atoms with Crippen LogP contribution < -0.4 is 4.72 Å². The van der Waals surface area contributed by atoms with Gasteiger partial charge in [0.05, 0.1) is 17.1 Å². The van der Waals surface area contributed by atoms with Crippen LogP contribution in [0.25, 0.3) is 0 Å². The molecule has 7 nitrogen and oxygen atoms in total. The molecule has 1 saturated heterocycles. The molecule has 1 fully saturated rings. The van der Waals surface area contributed by atoms with E-state index in [0.29, 0.717) is 19.6 Å². The van der Waals surface area contributed by atoms with Gasteiger partial charge in [-0.25, -0.2) is 13.1 Å². The minimum Gasteiger partial charge on any atom is -0.396 e. The Labute approximate surface area is 169 Å². The highest BCUT2D eigenvalue weighted by atomic mass is 79.9. The lowest BCUT2D eigenvalue weighted by atomic mass is 9.93. The molecule has 0 amide bonds. The van der Waals surface area contributed by atoms with Crippen molar-refractivity contribution in [3.8, 4) is 0 Å². The summed E-state index contributed by atoms with van der Waals surface area (Å²) in [5, 5.41) is 28.9. The molecule has 1 aromatic rings. The molecule has 0 radical (unpaired) electrons. The van der Waals surface area contributed by atoms with Crippen LogP contribution in [-0.4, -0.2) is 73.6 Å². The van der Waals surface area contributed by atoms with E-state index < -0.39 is 22.2 Å². The van der Waals surface area contributed by atoms with Gasteiger partial charge in [0.1, 0.15) is 0 Å². The average molecular weight is 465 g/mol. The van der Waals surface area contributed by atoms with Crippen molar-refractivity contribution in [2.24, 2.45) is 5.92 Å². The number of benzene rings is 1. The maximum atomic E-state index is 12.2. The number of nitrogens with one attached hydrogen (secondary N) is 1. The predicted octanol–water partition coefficient (Wildman–Crippen LogP) is 0.934. The molecule has 9 heteroatoms. The van der Waals surface area contributed by atoms with E-state index in [9.17, 15) is 23.7 Å². The van der Waals surface area contributed by atoms with Crippen LogP contribution >= 0.6 is 15.9 Å². The largest absolute Gasteiger partial charge is 0.396 e. The number of aliphatic hydroxyl groups is 3. The maximum Gasteiger partial charge on any atom is 0.240 e. The molecular weight excluding hydrogens is 436 g/mol. The van der Waals surface area contributed by atoms with Gasteiger partial charge in [0.15, 0.2) is 0 Å². The molecule has 4 N–H and O–H groups in total. The quantitative estimate of drug-likeness (QED) is 0.383. The maximum absolute atomic E-state index is 12.2. The van der Waals surface area contributed by atoms with Crippen molar-refractivity contribution < 1.29 is 23.7 Å². The summed E-state index contributed by atoms with van der Waals surface area (Å²) >= 11 is 3.28. The molecule has 0 saturated carbocycles. The third-order valence-corrected chi connectivity index (χ3v) is 6.87. The van der Waals surface area contributed by atoms with Crippen molar-refractivity contribution in [2.75, 3.05) is 32.8 Å². The van der Waals surface area contributed by atoms with Crippen LogP contribution in [0.1, 0.15) is 25.7 Å². The van der Waals surface area contributed by atoms with Gasteiger partial charge in [-0.15, -0.1) is 0 Å². The first-order valence-electron chi connectivity index (χ1n) is 9.28. The van der Waals surface area contributed by atoms with Gasteiger partial charge in [-0.3, -0.25) is 0 Å². The first-order valence-corrected chi connectivity index (χ1v) is 11.6. The van der Waals surface area contributed by atoms with Gasteiger partial charge in [-0.1, -0.05) is 28.8 Å². The van der Waals surface area contributed by atoms with Crippen LogP contribution in [0.4, 0.5) is 0 Å². The summed E-state index contributed by atoms with van der Waals surface area (Å²) in [6.07, 6.45) is 1.88. The second-order valence-electron chi connectivity index (χ2n) is 7.03. The third kappa shape index (κ3) is 7.08. The molecule has 2 rings (SSSR count). The van der Waals surface area contributed by atoms with E-state index in [1.165, 1.54) is 0 Å². The molecule has 1 heterocycles. The Morgan fingerprint density at radius 1 is 1.07 bits per heavy atom. The van der Waals surface area contributed by atoms with Crippen molar-refractivity contribution in [1.29, 1.82) is 0 Å². The minimum absolute atomic E-state index is 0.132. The number of piperidine rings is 1. The number of hydrogen-bond acceptors (Lipinski definition) is 6. The Hall–Kier alpha value is -0.550. The van der Waals surface area contributed by atoms with Crippen molar-refractivity contribution in [1.82, 2.24) is 9.62 Å². The highest BCUT2D eigenvalue weighted by molar-refractivity contribution is 9.10. The van der Waals surface area contributed by atoms with E-state index in [1.807, 2.05) is 0 Å². The number of hydrogen-bond donors (Lipinski definition) is 4. The van der Waals surface area contributed by atoms with E-state index in [2.05, 4.69) is 25.6 Å². The molecule has 1 aromatic carbocycles. The average Bonchev–Trinajstić information content (AvgIpc) is 2.64. The van der Waals surface area contributed by atoms with Gasteiger partial charge in [0.2, 0.25) is 10.0 Å². The first kappa shape index (κ1) is 22.7. The van der Waals surface area contributed by atoms with Gasteiger partial charge in [-0.2, -0.15) is 0 Å². The Balaban J connectivity index is 1.60. The zero-order chi connectivity index (χ0) is 19.9. The van der Waals surface area contributed by atoms with E-state index >= 15 is 0 Å². The van der Waals surface area contributed by atoms with Gasteiger partial charge in [0, 0.05) is 36.6 Å². The van der Waals surface area contributed by atoms with E-state index in [1.54, 1.807) is 24.3 Å². The van der Waals surface area contributed by atoms with Crippen molar-refractivity contribution in [2.45, 2.75) is 42.8 Å². The predicted molar refractivity (Wildman–Crippen MR) is 107 cm³/mol. The second-order valence-corrected chi connectivity index (χ2v) is 9.71. The zero-order valence-corrected chi connectivity index (χ0v) is 17.7. The fourth-order valence-corrected chi connectivity index (χ4v) is 4.61. The molecule has 0 spiro atoms. The molecule has 3 atom stereocenters. The summed E-state index contributed by atoms with van der Waals surface area (Å²) in [5.74, 6) is -0.304. The molecular formula is C18H29BrN2O5S. The summed E-state index contributed by atoms with van der Waals surface area (Å²) in [6, 6.07) is 6.53. The van der Waals surface area contributed by atoms with Crippen LogP contribution in [0.5, 0.6) is 0 Å². The SMILES string of the molecule is O=S(=O)(NCCCCCCN1C[C@H](CO)[C@@H](O)[C@H](O)C1)c1ccc(Br)cc1. The Morgan fingerprint density at radius 3 is 2.41 bits per heavy atom. The van der Waals surface area contributed by atoms with Crippen molar-refractivity contribution in [3.05, 3.63) is 28.7 Å². The van der Waals surface area contributed by atoms with E-state index in [0.717, 1.165) is 36.7 Å². The topological polar surface area (TPSA) is 110 Å². The number of sulfonamides is 1. The van der Waals surface area contributed by atoms with Crippen LogP contribution in [0.3, 0.4) is 0 Å². The smallest absolute Gasteiger partial charge is 0.240 e. The molecule has 0 unspecified atom stereocenters. The van der Waals surface area contributed by atoms with Crippen LogP contribution in [0.2, 0.25) is 0 Å². The minimum atomic E-state index is -3.46. The molecule has 1 aliphatic heterocycles. The fourth-order valence-electron chi connectivity index (χ4n) is 3.27. The highest BCUT2D eigenvalue weighted by Crippen LogP contribution is 2.18. The summed E-state index contributed by atoms with van der Waals surface area (Å²) in [6.45, 7) is 2.07. The zero-order valence-electron chi connectivity index (χ0n) is 15.3. The Kier molecular flexibility index (Phi) is 9.13. The molecule has 0 aliphatic carbocycles. The third-order valence-electron chi connectivity index (χ3n) is 4.87. The number of unbranched alkanes of at least 4 members (excludes halogenated alkanes) is 3. The van der Waals surface area contributed by atoms with Gasteiger partial charge < -0.3 is 20.2 Å². The summed E-state index contributed by atoms with van der Waals surface area (Å²) in [5.41, 5.74) is 0. The van der Waals surface area contributed by atoms with Gasteiger partial charge >= 0.3 is 0 Å². The van der Waals surface area contributed by atoms with Crippen LogP contribution in [0, 0.1) is 5.92 Å². The lowest BCUT2D eigenvalue weighted by Gasteiger charge is -2.38. The number of nitrogens with zero attached hydrogens (tertiary/aromatic N) is 1. The summed E-state index contributed by atoms with van der Waals surface area (Å²) < 4.78 is 27.8. The number of aliphatic hydroxyl groups excluding tert-OH is 3. The number of rotatable bonds is 10. The van der Waals surface area contributed by atoms with Crippen molar-refractivity contribution in [3.63, 3.8) is 0 Å². The number of halogens is 1. The molecule has 1 aliphatic rings.